The van der Waals surface area contributed by atoms with Crippen molar-refractivity contribution in [2.24, 2.45) is 5.92 Å². The summed E-state index contributed by atoms with van der Waals surface area (Å²) in [6, 6.07) is 8.30. The van der Waals surface area contributed by atoms with Gasteiger partial charge in [0.1, 0.15) is 9.84 Å². The maximum atomic E-state index is 11.9. The maximum absolute atomic E-state index is 11.9. The number of rotatable bonds is 5. The van der Waals surface area contributed by atoms with Crippen molar-refractivity contribution in [3.8, 4) is 0 Å². The lowest BCUT2D eigenvalue weighted by Gasteiger charge is -2.21. The molecule has 1 aliphatic carbocycles. The summed E-state index contributed by atoms with van der Waals surface area (Å²) < 4.78 is 23.7. The SMILES string of the molecule is CCCS(=O)(=O)CCC1CCCc2ccccc2C1Cl. The zero-order chi connectivity index (χ0) is 14.6. The van der Waals surface area contributed by atoms with Gasteiger partial charge in [-0.3, -0.25) is 0 Å². The summed E-state index contributed by atoms with van der Waals surface area (Å²) in [7, 11) is -2.90. The van der Waals surface area contributed by atoms with Gasteiger partial charge in [-0.05, 0) is 49.1 Å². The molecule has 0 bridgehead atoms. The number of aryl methyl sites for hydroxylation is 1. The summed E-state index contributed by atoms with van der Waals surface area (Å²) in [5.74, 6) is 0.840. The average molecular weight is 315 g/mol. The molecule has 20 heavy (non-hydrogen) atoms. The van der Waals surface area contributed by atoms with Gasteiger partial charge in [-0.2, -0.15) is 0 Å². The molecule has 0 saturated heterocycles. The second kappa shape index (κ2) is 6.95. The Hall–Kier alpha value is -0.540. The quantitative estimate of drug-likeness (QED) is 0.605. The van der Waals surface area contributed by atoms with E-state index in [9.17, 15) is 8.42 Å². The first kappa shape index (κ1) is 15.8. The van der Waals surface area contributed by atoms with Crippen molar-refractivity contribution in [1.82, 2.24) is 0 Å². The fourth-order valence-electron chi connectivity index (χ4n) is 3.02. The minimum Gasteiger partial charge on any atom is -0.229 e. The molecule has 0 amide bonds. The van der Waals surface area contributed by atoms with Gasteiger partial charge in [0.2, 0.25) is 0 Å². The Kier molecular flexibility index (Phi) is 5.50. The van der Waals surface area contributed by atoms with E-state index in [0.29, 0.717) is 18.6 Å². The predicted molar refractivity (Wildman–Crippen MR) is 85.0 cm³/mol. The van der Waals surface area contributed by atoms with Crippen LogP contribution in [0.2, 0.25) is 0 Å². The number of hydrogen-bond acceptors (Lipinski definition) is 2. The lowest BCUT2D eigenvalue weighted by Crippen LogP contribution is -2.16. The van der Waals surface area contributed by atoms with Crippen LogP contribution in [-0.4, -0.2) is 19.9 Å². The Bertz CT molecular complexity index is 539. The van der Waals surface area contributed by atoms with E-state index in [0.717, 1.165) is 19.3 Å². The topological polar surface area (TPSA) is 34.1 Å². The Balaban J connectivity index is 2.06. The molecule has 1 aromatic carbocycles. The first-order valence-electron chi connectivity index (χ1n) is 7.46. The third-order valence-corrected chi connectivity index (χ3v) is 6.58. The second-order valence-electron chi connectivity index (χ2n) is 5.69. The number of halogens is 1. The Morgan fingerprint density at radius 1 is 1.25 bits per heavy atom. The van der Waals surface area contributed by atoms with E-state index in [2.05, 4.69) is 18.2 Å². The van der Waals surface area contributed by atoms with Gasteiger partial charge >= 0.3 is 0 Å². The van der Waals surface area contributed by atoms with Gasteiger partial charge in [-0.25, -0.2) is 8.42 Å². The number of hydrogen-bond donors (Lipinski definition) is 0. The third kappa shape index (κ3) is 3.98. The first-order valence-corrected chi connectivity index (χ1v) is 9.71. The summed E-state index contributed by atoms with van der Waals surface area (Å²) in [6.45, 7) is 1.91. The highest BCUT2D eigenvalue weighted by Crippen LogP contribution is 2.39. The number of alkyl halides is 1. The van der Waals surface area contributed by atoms with E-state index in [1.807, 2.05) is 13.0 Å². The monoisotopic (exact) mass is 314 g/mol. The molecule has 2 atom stereocenters. The fraction of sp³-hybridized carbons (Fsp3) is 0.625. The van der Waals surface area contributed by atoms with Gasteiger partial charge in [-0.1, -0.05) is 31.2 Å². The highest BCUT2D eigenvalue weighted by atomic mass is 35.5. The zero-order valence-electron chi connectivity index (χ0n) is 12.0. The molecule has 2 nitrogen and oxygen atoms in total. The van der Waals surface area contributed by atoms with Crippen molar-refractivity contribution in [2.45, 2.75) is 44.4 Å². The standard InChI is InChI=1S/C16H23ClO2S/c1-2-11-20(18,19)12-10-14-8-5-7-13-6-3-4-9-15(13)16(14)17/h3-4,6,9,14,16H,2,5,7-8,10-12H2,1H3. The van der Waals surface area contributed by atoms with E-state index >= 15 is 0 Å². The van der Waals surface area contributed by atoms with Gasteiger partial charge in [0, 0.05) is 5.75 Å². The van der Waals surface area contributed by atoms with Gasteiger partial charge in [0.15, 0.2) is 0 Å². The Labute approximate surface area is 127 Å². The van der Waals surface area contributed by atoms with Crippen LogP contribution in [0.5, 0.6) is 0 Å². The highest BCUT2D eigenvalue weighted by Gasteiger charge is 2.27. The van der Waals surface area contributed by atoms with Crippen molar-refractivity contribution in [3.05, 3.63) is 35.4 Å². The van der Waals surface area contributed by atoms with Crippen molar-refractivity contribution in [2.75, 3.05) is 11.5 Å². The lowest BCUT2D eigenvalue weighted by molar-refractivity contribution is 0.452. The Morgan fingerprint density at radius 2 is 2.00 bits per heavy atom. The minimum atomic E-state index is -2.90. The first-order chi connectivity index (χ1) is 9.53. The molecule has 0 aliphatic heterocycles. The summed E-state index contributed by atoms with van der Waals surface area (Å²) in [6.07, 6.45) is 4.55. The summed E-state index contributed by atoms with van der Waals surface area (Å²) in [5, 5.41) is -0.0504. The van der Waals surface area contributed by atoms with Crippen LogP contribution in [0.4, 0.5) is 0 Å². The summed E-state index contributed by atoms with van der Waals surface area (Å²) >= 11 is 6.63. The van der Waals surface area contributed by atoms with Crippen LogP contribution < -0.4 is 0 Å². The van der Waals surface area contributed by atoms with Crippen LogP contribution in [0, 0.1) is 5.92 Å². The van der Waals surface area contributed by atoms with Crippen LogP contribution >= 0.6 is 11.6 Å². The number of sulfone groups is 1. The van der Waals surface area contributed by atoms with E-state index < -0.39 is 9.84 Å². The lowest BCUT2D eigenvalue weighted by atomic mass is 9.94. The van der Waals surface area contributed by atoms with Crippen LogP contribution in [-0.2, 0) is 16.3 Å². The maximum Gasteiger partial charge on any atom is 0.150 e. The molecule has 0 radical (unpaired) electrons. The van der Waals surface area contributed by atoms with Crippen LogP contribution in [0.1, 0.15) is 49.1 Å². The van der Waals surface area contributed by atoms with E-state index in [4.69, 9.17) is 11.6 Å². The molecule has 112 valence electrons. The van der Waals surface area contributed by atoms with Crippen molar-refractivity contribution >= 4 is 21.4 Å². The molecule has 1 aliphatic rings. The van der Waals surface area contributed by atoms with Crippen molar-refractivity contribution in [3.63, 3.8) is 0 Å². The molecule has 0 saturated carbocycles. The van der Waals surface area contributed by atoms with Crippen LogP contribution in [0.3, 0.4) is 0 Å². The average Bonchev–Trinajstić information content (AvgIpc) is 2.57. The van der Waals surface area contributed by atoms with Crippen LogP contribution in [0.15, 0.2) is 24.3 Å². The molecular weight excluding hydrogens is 292 g/mol. The molecule has 0 spiro atoms. The molecule has 0 heterocycles. The fourth-order valence-corrected chi connectivity index (χ4v) is 4.97. The van der Waals surface area contributed by atoms with E-state index in [1.165, 1.54) is 11.1 Å². The smallest absolute Gasteiger partial charge is 0.150 e. The van der Waals surface area contributed by atoms with E-state index in [1.54, 1.807) is 0 Å². The minimum absolute atomic E-state index is 0.0504. The Morgan fingerprint density at radius 3 is 2.75 bits per heavy atom. The van der Waals surface area contributed by atoms with Gasteiger partial charge in [0.05, 0.1) is 11.1 Å². The second-order valence-corrected chi connectivity index (χ2v) is 8.47. The van der Waals surface area contributed by atoms with Crippen molar-refractivity contribution < 1.29 is 8.42 Å². The largest absolute Gasteiger partial charge is 0.229 e. The molecule has 1 aromatic rings. The van der Waals surface area contributed by atoms with E-state index in [-0.39, 0.29) is 17.0 Å². The van der Waals surface area contributed by atoms with Gasteiger partial charge < -0.3 is 0 Å². The molecular formula is C16H23ClO2S. The normalized spacial score (nSPS) is 23.1. The molecule has 4 heteroatoms. The number of benzene rings is 1. The molecule has 0 aromatic heterocycles. The van der Waals surface area contributed by atoms with Gasteiger partial charge in [-0.15, -0.1) is 11.6 Å². The molecule has 2 unspecified atom stereocenters. The highest BCUT2D eigenvalue weighted by molar-refractivity contribution is 7.91. The van der Waals surface area contributed by atoms with Crippen molar-refractivity contribution in [1.29, 1.82) is 0 Å². The summed E-state index contributed by atoms with van der Waals surface area (Å²) in [5.41, 5.74) is 2.52. The van der Waals surface area contributed by atoms with Crippen LogP contribution in [0.25, 0.3) is 0 Å². The predicted octanol–water partition coefficient (Wildman–Crippen LogP) is 4.13. The summed E-state index contributed by atoms with van der Waals surface area (Å²) in [4.78, 5) is 0. The molecule has 2 rings (SSSR count). The molecule has 0 fully saturated rings. The molecule has 0 N–H and O–H groups in total. The third-order valence-electron chi connectivity index (χ3n) is 4.10. The number of fused-ring (bicyclic) bond motifs is 1. The van der Waals surface area contributed by atoms with Gasteiger partial charge in [0.25, 0.3) is 0 Å². The zero-order valence-corrected chi connectivity index (χ0v) is 13.6.